The third-order valence-corrected chi connectivity index (χ3v) is 4.45. The van der Waals surface area contributed by atoms with E-state index in [1.54, 1.807) is 0 Å². The molecule has 2 aliphatic rings. The number of nitrogens with zero attached hydrogens (tertiary/aromatic N) is 1. The average molecular weight is 256 g/mol. The normalized spacial score (nSPS) is 25.2. The molecule has 1 saturated carbocycles. The second-order valence-electron chi connectivity index (χ2n) is 5.55. The van der Waals surface area contributed by atoms with E-state index in [2.05, 4.69) is 34.6 Å². The molecule has 0 bridgehead atoms. The van der Waals surface area contributed by atoms with E-state index in [4.69, 9.17) is 0 Å². The molecule has 1 aromatic carbocycles. The monoisotopic (exact) mass is 256 g/mol. The minimum Gasteiger partial charge on any atom is -0.312 e. The van der Waals surface area contributed by atoms with Crippen molar-refractivity contribution in [2.24, 2.45) is 4.99 Å². The summed E-state index contributed by atoms with van der Waals surface area (Å²) in [5, 5.41) is 3.05. The Balaban J connectivity index is 2.01. The Labute approximate surface area is 114 Å². The molecular formula is C16H20N2O. The van der Waals surface area contributed by atoms with Gasteiger partial charge >= 0.3 is 0 Å². The molecule has 1 aliphatic heterocycles. The maximum atomic E-state index is 11.9. The Kier molecular flexibility index (Phi) is 3.13. The molecule has 3 rings (SSSR count). The van der Waals surface area contributed by atoms with Crippen molar-refractivity contribution in [2.45, 2.75) is 50.5 Å². The van der Waals surface area contributed by atoms with Crippen molar-refractivity contribution in [2.75, 3.05) is 0 Å². The molecule has 1 aliphatic carbocycles. The molecule has 1 unspecified atom stereocenters. The Bertz CT molecular complexity index is 501. The maximum Gasteiger partial charge on any atom is 0.250 e. The molecule has 0 radical (unpaired) electrons. The minimum absolute atomic E-state index is 0.0547. The second kappa shape index (κ2) is 4.80. The van der Waals surface area contributed by atoms with Crippen molar-refractivity contribution in [3.63, 3.8) is 0 Å². The van der Waals surface area contributed by atoms with Crippen LogP contribution >= 0.6 is 0 Å². The summed E-state index contributed by atoms with van der Waals surface area (Å²) in [6.07, 6.45) is 5.38. The van der Waals surface area contributed by atoms with E-state index in [1.807, 2.05) is 13.0 Å². The van der Waals surface area contributed by atoms with Crippen LogP contribution in [-0.2, 0) is 10.2 Å². The van der Waals surface area contributed by atoms with Gasteiger partial charge in [0.1, 0.15) is 11.9 Å². The van der Waals surface area contributed by atoms with E-state index < -0.39 is 0 Å². The Morgan fingerprint density at radius 3 is 2.53 bits per heavy atom. The fraction of sp³-hybridized carbons (Fsp3) is 0.500. The molecule has 1 amide bonds. The number of nitrogens with one attached hydrogen (secondary N) is 1. The Morgan fingerprint density at radius 1 is 1.26 bits per heavy atom. The maximum absolute atomic E-state index is 11.9. The first-order chi connectivity index (χ1) is 9.26. The van der Waals surface area contributed by atoms with Crippen LogP contribution in [0.1, 0.15) is 44.6 Å². The number of hydrogen-bond donors (Lipinski definition) is 1. The lowest BCUT2D eigenvalue weighted by molar-refractivity contribution is -0.120. The lowest BCUT2D eigenvalue weighted by Crippen LogP contribution is -2.42. The van der Waals surface area contributed by atoms with E-state index in [0.717, 1.165) is 25.1 Å². The van der Waals surface area contributed by atoms with Gasteiger partial charge in [0.05, 0.1) is 5.41 Å². The smallest absolute Gasteiger partial charge is 0.250 e. The van der Waals surface area contributed by atoms with Gasteiger partial charge in [0.25, 0.3) is 0 Å². The van der Waals surface area contributed by atoms with E-state index in [9.17, 15) is 4.79 Å². The minimum atomic E-state index is -0.184. The fourth-order valence-corrected chi connectivity index (χ4v) is 3.36. The largest absolute Gasteiger partial charge is 0.312 e. The van der Waals surface area contributed by atoms with Gasteiger partial charge in [-0.3, -0.25) is 9.79 Å². The molecule has 100 valence electrons. The van der Waals surface area contributed by atoms with Crippen LogP contribution in [0.5, 0.6) is 0 Å². The molecule has 0 aromatic heterocycles. The van der Waals surface area contributed by atoms with Gasteiger partial charge in [0.2, 0.25) is 5.91 Å². The van der Waals surface area contributed by atoms with E-state index in [0.29, 0.717) is 0 Å². The average Bonchev–Trinajstić information content (AvgIpc) is 3.07. The molecule has 1 N–H and O–H groups in total. The number of benzene rings is 1. The van der Waals surface area contributed by atoms with Crippen LogP contribution in [0.2, 0.25) is 0 Å². The fourth-order valence-electron chi connectivity index (χ4n) is 3.36. The number of carbonyl (C=O) groups is 1. The molecule has 3 nitrogen and oxygen atoms in total. The summed E-state index contributed by atoms with van der Waals surface area (Å²) in [5.41, 5.74) is 1.24. The topological polar surface area (TPSA) is 41.5 Å². The van der Waals surface area contributed by atoms with Crippen molar-refractivity contribution in [1.29, 1.82) is 0 Å². The van der Waals surface area contributed by atoms with Gasteiger partial charge in [0, 0.05) is 0 Å². The number of rotatable bonds is 3. The predicted molar refractivity (Wildman–Crippen MR) is 76.2 cm³/mol. The Morgan fingerprint density at radius 2 is 1.95 bits per heavy atom. The predicted octanol–water partition coefficient (Wildman–Crippen LogP) is 2.81. The number of aliphatic imine (C=N–C) groups is 1. The number of carbonyl (C=O) groups excluding carboxylic acids is 1. The third-order valence-electron chi connectivity index (χ3n) is 4.45. The molecule has 1 heterocycles. The summed E-state index contributed by atoms with van der Waals surface area (Å²) >= 11 is 0. The highest BCUT2D eigenvalue weighted by molar-refractivity contribution is 6.10. The van der Waals surface area contributed by atoms with Gasteiger partial charge in [-0.05, 0) is 24.8 Å². The van der Waals surface area contributed by atoms with Crippen molar-refractivity contribution < 1.29 is 4.79 Å². The molecule has 1 atom stereocenters. The van der Waals surface area contributed by atoms with Crippen molar-refractivity contribution in [1.82, 2.24) is 5.32 Å². The van der Waals surface area contributed by atoms with Crippen LogP contribution in [0.15, 0.2) is 35.3 Å². The summed E-state index contributed by atoms with van der Waals surface area (Å²) < 4.78 is 0. The van der Waals surface area contributed by atoms with Crippen LogP contribution in [-0.4, -0.2) is 17.8 Å². The van der Waals surface area contributed by atoms with E-state index in [-0.39, 0.29) is 17.4 Å². The van der Waals surface area contributed by atoms with Gasteiger partial charge in [-0.1, -0.05) is 50.1 Å². The van der Waals surface area contributed by atoms with Crippen LogP contribution in [0.3, 0.4) is 0 Å². The van der Waals surface area contributed by atoms with Crippen molar-refractivity contribution >= 4 is 11.7 Å². The lowest BCUT2D eigenvalue weighted by Gasteiger charge is -2.29. The first-order valence-corrected chi connectivity index (χ1v) is 7.21. The highest BCUT2D eigenvalue weighted by Crippen LogP contribution is 2.42. The summed E-state index contributed by atoms with van der Waals surface area (Å²) in [6, 6.07) is 10.3. The quantitative estimate of drug-likeness (QED) is 0.887. The van der Waals surface area contributed by atoms with Crippen LogP contribution in [0, 0.1) is 0 Å². The van der Waals surface area contributed by atoms with Gasteiger partial charge in [-0.2, -0.15) is 0 Å². The first kappa shape index (κ1) is 12.4. The standard InChI is InChI=1S/C16H20N2O/c1-2-13-14(19)18-15(17-13)16(10-6-7-11-16)12-8-4-3-5-9-12/h3-5,8-9,13H,2,6-7,10-11H2,1H3,(H,17,18,19). The molecule has 3 heteroatoms. The Hall–Kier alpha value is -1.64. The zero-order valence-corrected chi connectivity index (χ0v) is 11.4. The molecule has 1 aromatic rings. The SMILES string of the molecule is CCC1N=C(C2(c3ccccc3)CCCC2)NC1=O. The molecule has 0 saturated heterocycles. The van der Waals surface area contributed by atoms with E-state index >= 15 is 0 Å². The molecule has 0 spiro atoms. The highest BCUT2D eigenvalue weighted by atomic mass is 16.2. The zero-order chi connectivity index (χ0) is 13.3. The third kappa shape index (κ3) is 1.97. The van der Waals surface area contributed by atoms with Gasteiger partial charge in [-0.15, -0.1) is 0 Å². The summed E-state index contributed by atoms with van der Waals surface area (Å²) in [6.45, 7) is 2.01. The first-order valence-electron chi connectivity index (χ1n) is 7.21. The molecule has 1 fully saturated rings. The van der Waals surface area contributed by atoms with Crippen molar-refractivity contribution in [3.8, 4) is 0 Å². The van der Waals surface area contributed by atoms with E-state index in [1.165, 1.54) is 18.4 Å². The summed E-state index contributed by atoms with van der Waals surface area (Å²) in [7, 11) is 0. The van der Waals surface area contributed by atoms with Gasteiger partial charge < -0.3 is 5.32 Å². The van der Waals surface area contributed by atoms with Crippen LogP contribution in [0.25, 0.3) is 0 Å². The lowest BCUT2D eigenvalue weighted by atomic mass is 9.77. The highest BCUT2D eigenvalue weighted by Gasteiger charge is 2.44. The second-order valence-corrected chi connectivity index (χ2v) is 5.55. The number of amides is 1. The van der Waals surface area contributed by atoms with Crippen molar-refractivity contribution in [3.05, 3.63) is 35.9 Å². The van der Waals surface area contributed by atoms with Crippen LogP contribution in [0.4, 0.5) is 0 Å². The van der Waals surface area contributed by atoms with Gasteiger partial charge in [0.15, 0.2) is 0 Å². The van der Waals surface area contributed by atoms with Gasteiger partial charge in [-0.25, -0.2) is 0 Å². The molecule has 19 heavy (non-hydrogen) atoms. The summed E-state index contributed by atoms with van der Waals surface area (Å²) in [4.78, 5) is 16.6. The summed E-state index contributed by atoms with van der Waals surface area (Å²) in [5.74, 6) is 0.979. The van der Waals surface area contributed by atoms with Crippen LogP contribution < -0.4 is 5.32 Å². The number of amidine groups is 1. The zero-order valence-electron chi connectivity index (χ0n) is 11.4. The molecular weight excluding hydrogens is 236 g/mol. The number of hydrogen-bond acceptors (Lipinski definition) is 2.